The lowest BCUT2D eigenvalue weighted by Gasteiger charge is -2.18. The molecule has 1 unspecified atom stereocenters. The number of hydrogen-bond acceptors (Lipinski definition) is 4. The number of carbonyl (C=O) groups excluding carboxylic acids is 1. The predicted octanol–water partition coefficient (Wildman–Crippen LogP) is 3.25. The summed E-state index contributed by atoms with van der Waals surface area (Å²) in [7, 11) is -3.67. The molecule has 6 nitrogen and oxygen atoms in total. The minimum atomic E-state index is -3.67. The van der Waals surface area contributed by atoms with Crippen LogP contribution >= 0.6 is 0 Å². The molecule has 2 N–H and O–H groups in total. The number of benzene rings is 2. The van der Waals surface area contributed by atoms with Crippen LogP contribution in [0.25, 0.3) is 0 Å². The van der Waals surface area contributed by atoms with Crippen molar-refractivity contribution in [2.24, 2.45) is 4.40 Å². The number of hydrogen-bond donors (Lipinski definition) is 2. The topological polar surface area (TPSA) is 87.6 Å². The zero-order valence-electron chi connectivity index (χ0n) is 14.5. The number of anilines is 1. The Kier molecular flexibility index (Phi) is 5.37. The van der Waals surface area contributed by atoms with E-state index in [2.05, 4.69) is 15.0 Å². The van der Waals surface area contributed by atoms with Crippen LogP contribution in [0.3, 0.4) is 0 Å². The summed E-state index contributed by atoms with van der Waals surface area (Å²) in [6, 6.07) is 16.3. The monoisotopic (exact) mass is 371 g/mol. The average Bonchev–Trinajstić information content (AvgIpc) is 2.62. The predicted molar refractivity (Wildman–Crippen MR) is 102 cm³/mol. The first kappa shape index (κ1) is 18.1. The van der Waals surface area contributed by atoms with Gasteiger partial charge in [0.25, 0.3) is 10.0 Å². The number of rotatable bonds is 6. The van der Waals surface area contributed by atoms with Crippen LogP contribution in [0, 0.1) is 0 Å². The van der Waals surface area contributed by atoms with E-state index in [-0.39, 0.29) is 16.8 Å². The van der Waals surface area contributed by atoms with Gasteiger partial charge in [-0.2, -0.15) is 8.42 Å². The van der Waals surface area contributed by atoms with Crippen molar-refractivity contribution in [1.82, 2.24) is 5.32 Å². The molecule has 1 atom stereocenters. The van der Waals surface area contributed by atoms with Crippen LogP contribution in [0.2, 0.25) is 0 Å². The van der Waals surface area contributed by atoms with E-state index in [0.29, 0.717) is 30.8 Å². The molecule has 0 bridgehead atoms. The fourth-order valence-electron chi connectivity index (χ4n) is 2.83. The van der Waals surface area contributed by atoms with Gasteiger partial charge in [0, 0.05) is 12.8 Å². The highest BCUT2D eigenvalue weighted by atomic mass is 32.2. The standard InChI is InChI=1S/C19H21N3O3S/c1-14(15-8-3-2-4-9-15)20-19(23)13-7-12-18-21-16-10-5-6-11-17(16)26(24,25)22-18/h2-6,8-11,14H,7,12-13H2,1H3,(H,20,23)(H,21,22). The van der Waals surface area contributed by atoms with E-state index in [1.807, 2.05) is 37.3 Å². The molecule has 0 spiro atoms. The molecule has 7 heteroatoms. The van der Waals surface area contributed by atoms with Crippen LogP contribution < -0.4 is 10.6 Å². The normalized spacial score (nSPS) is 16.0. The van der Waals surface area contributed by atoms with Crippen LogP contribution in [0.15, 0.2) is 63.9 Å². The maximum absolute atomic E-state index is 12.2. The van der Waals surface area contributed by atoms with Crippen molar-refractivity contribution in [3.05, 3.63) is 60.2 Å². The van der Waals surface area contributed by atoms with Crippen molar-refractivity contribution in [3.8, 4) is 0 Å². The average molecular weight is 371 g/mol. The summed E-state index contributed by atoms with van der Waals surface area (Å²) in [5.74, 6) is 0.300. The number of amidine groups is 1. The van der Waals surface area contributed by atoms with Gasteiger partial charge in [-0.3, -0.25) is 4.79 Å². The van der Waals surface area contributed by atoms with Crippen molar-refractivity contribution in [1.29, 1.82) is 0 Å². The van der Waals surface area contributed by atoms with Crippen LogP contribution in [0.1, 0.15) is 37.8 Å². The molecule has 1 heterocycles. The fraction of sp³-hybridized carbons (Fsp3) is 0.263. The molecule has 0 saturated carbocycles. The van der Waals surface area contributed by atoms with Crippen molar-refractivity contribution < 1.29 is 13.2 Å². The third-order valence-corrected chi connectivity index (χ3v) is 5.54. The maximum Gasteiger partial charge on any atom is 0.286 e. The molecule has 0 aromatic heterocycles. The van der Waals surface area contributed by atoms with E-state index in [1.165, 1.54) is 6.07 Å². The van der Waals surface area contributed by atoms with Gasteiger partial charge in [0.15, 0.2) is 0 Å². The number of amides is 1. The quantitative estimate of drug-likeness (QED) is 0.816. The molecule has 2 aromatic carbocycles. The zero-order chi connectivity index (χ0) is 18.6. The van der Waals surface area contributed by atoms with E-state index in [9.17, 15) is 13.2 Å². The van der Waals surface area contributed by atoms with Gasteiger partial charge in [0.1, 0.15) is 10.7 Å². The first-order valence-electron chi connectivity index (χ1n) is 8.50. The first-order chi connectivity index (χ1) is 12.5. The summed E-state index contributed by atoms with van der Waals surface area (Å²) in [6.45, 7) is 1.93. The van der Waals surface area contributed by atoms with Crippen molar-refractivity contribution >= 4 is 27.5 Å². The summed E-state index contributed by atoms with van der Waals surface area (Å²) < 4.78 is 28.2. The summed E-state index contributed by atoms with van der Waals surface area (Å²) in [6.07, 6.45) is 1.21. The molecule has 136 valence electrons. The Morgan fingerprint density at radius 1 is 1.12 bits per heavy atom. The Balaban J connectivity index is 1.52. The molecule has 3 rings (SSSR count). The number of para-hydroxylation sites is 1. The largest absolute Gasteiger partial charge is 0.350 e. The van der Waals surface area contributed by atoms with Crippen LogP contribution in [-0.2, 0) is 14.8 Å². The van der Waals surface area contributed by atoms with Gasteiger partial charge < -0.3 is 10.6 Å². The molecule has 1 aliphatic rings. The number of nitrogens with one attached hydrogen (secondary N) is 2. The lowest BCUT2D eigenvalue weighted by Crippen LogP contribution is -2.27. The Labute approximate surface area is 153 Å². The summed E-state index contributed by atoms with van der Waals surface area (Å²) in [5, 5.41) is 5.98. The lowest BCUT2D eigenvalue weighted by atomic mass is 10.1. The zero-order valence-corrected chi connectivity index (χ0v) is 15.3. The van der Waals surface area contributed by atoms with E-state index in [4.69, 9.17) is 0 Å². The summed E-state index contributed by atoms with van der Waals surface area (Å²) >= 11 is 0. The maximum atomic E-state index is 12.2. The second kappa shape index (κ2) is 7.70. The molecule has 0 fully saturated rings. The minimum Gasteiger partial charge on any atom is -0.350 e. The number of sulfonamides is 1. The van der Waals surface area contributed by atoms with Crippen molar-refractivity contribution in [2.45, 2.75) is 37.1 Å². The summed E-state index contributed by atoms with van der Waals surface area (Å²) in [4.78, 5) is 12.3. The van der Waals surface area contributed by atoms with Gasteiger partial charge in [-0.05, 0) is 31.0 Å². The van der Waals surface area contributed by atoms with Gasteiger partial charge in [0.05, 0.1) is 11.7 Å². The van der Waals surface area contributed by atoms with E-state index in [1.54, 1.807) is 18.2 Å². The highest BCUT2D eigenvalue weighted by Crippen LogP contribution is 2.27. The number of nitrogens with zero attached hydrogens (tertiary/aromatic N) is 1. The molecule has 0 radical (unpaired) electrons. The Morgan fingerprint density at radius 2 is 1.81 bits per heavy atom. The highest BCUT2D eigenvalue weighted by Gasteiger charge is 2.24. The molecular weight excluding hydrogens is 350 g/mol. The van der Waals surface area contributed by atoms with Gasteiger partial charge in [-0.25, -0.2) is 0 Å². The second-order valence-electron chi connectivity index (χ2n) is 6.19. The van der Waals surface area contributed by atoms with Gasteiger partial charge >= 0.3 is 0 Å². The van der Waals surface area contributed by atoms with E-state index < -0.39 is 10.0 Å². The van der Waals surface area contributed by atoms with Gasteiger partial charge in [-0.15, -0.1) is 4.40 Å². The van der Waals surface area contributed by atoms with Crippen LogP contribution in [0.5, 0.6) is 0 Å². The van der Waals surface area contributed by atoms with Crippen LogP contribution in [-0.4, -0.2) is 20.2 Å². The molecule has 0 aliphatic carbocycles. The SMILES string of the molecule is CC(NC(=O)CCCC1=NS(=O)(=O)c2ccccc2N1)c1ccccc1. The fourth-order valence-corrected chi connectivity index (χ4v) is 4.00. The van der Waals surface area contributed by atoms with Crippen molar-refractivity contribution in [2.75, 3.05) is 5.32 Å². The third kappa shape index (κ3) is 4.29. The number of carbonyl (C=O) groups is 1. The Morgan fingerprint density at radius 3 is 2.58 bits per heavy atom. The van der Waals surface area contributed by atoms with Gasteiger partial charge in [-0.1, -0.05) is 42.5 Å². The van der Waals surface area contributed by atoms with Crippen LogP contribution in [0.4, 0.5) is 5.69 Å². The smallest absolute Gasteiger partial charge is 0.286 e. The lowest BCUT2D eigenvalue weighted by molar-refractivity contribution is -0.121. The van der Waals surface area contributed by atoms with E-state index >= 15 is 0 Å². The number of fused-ring (bicyclic) bond motifs is 1. The molecule has 1 amide bonds. The Bertz CT molecular complexity index is 924. The van der Waals surface area contributed by atoms with Gasteiger partial charge in [0.2, 0.25) is 5.91 Å². The highest BCUT2D eigenvalue weighted by molar-refractivity contribution is 7.90. The molecule has 1 aliphatic heterocycles. The minimum absolute atomic E-state index is 0.0684. The third-order valence-electron chi connectivity index (χ3n) is 4.17. The summed E-state index contributed by atoms with van der Waals surface area (Å²) in [5.41, 5.74) is 1.57. The first-order valence-corrected chi connectivity index (χ1v) is 9.94. The second-order valence-corrected chi connectivity index (χ2v) is 7.76. The molecule has 26 heavy (non-hydrogen) atoms. The van der Waals surface area contributed by atoms with E-state index in [0.717, 1.165) is 5.56 Å². The van der Waals surface area contributed by atoms with Crippen molar-refractivity contribution in [3.63, 3.8) is 0 Å². The molecule has 2 aromatic rings. The molecular formula is C19H21N3O3S. The Hall–Kier alpha value is -2.67. The molecule has 0 saturated heterocycles.